The fourth-order valence-electron chi connectivity index (χ4n) is 2.79. The van der Waals surface area contributed by atoms with Crippen molar-refractivity contribution in [3.05, 3.63) is 35.4 Å². The van der Waals surface area contributed by atoms with Crippen molar-refractivity contribution in [3.63, 3.8) is 0 Å². The van der Waals surface area contributed by atoms with Crippen LogP contribution >= 0.6 is 11.6 Å². The first-order valence-corrected chi connectivity index (χ1v) is 7.70. The lowest BCUT2D eigenvalue weighted by Gasteiger charge is -2.28. The van der Waals surface area contributed by atoms with Gasteiger partial charge < -0.3 is 5.32 Å². The Morgan fingerprint density at radius 2 is 1.89 bits per heavy atom. The number of rotatable bonds is 4. The van der Waals surface area contributed by atoms with Crippen molar-refractivity contribution in [3.8, 4) is 0 Å². The first kappa shape index (κ1) is 14.4. The molecule has 1 amide bonds. The van der Waals surface area contributed by atoms with E-state index in [1.807, 2.05) is 24.3 Å². The number of hydrogen-bond acceptors (Lipinski definition) is 1. The van der Waals surface area contributed by atoms with Gasteiger partial charge >= 0.3 is 0 Å². The van der Waals surface area contributed by atoms with Gasteiger partial charge in [0, 0.05) is 17.5 Å². The number of carbonyl (C=O) groups is 1. The SMILES string of the molecule is C[C@H](NC(=O)c1ccc(CCl)cc1)C1CCCCC1. The minimum Gasteiger partial charge on any atom is -0.349 e. The fourth-order valence-corrected chi connectivity index (χ4v) is 2.97. The van der Waals surface area contributed by atoms with E-state index in [0.717, 1.165) is 11.1 Å². The Bertz CT molecular complexity index is 409. The van der Waals surface area contributed by atoms with Crippen LogP contribution in [0.1, 0.15) is 54.9 Å². The Kier molecular flexibility index (Phi) is 5.26. The van der Waals surface area contributed by atoms with E-state index < -0.39 is 0 Å². The zero-order valence-electron chi connectivity index (χ0n) is 11.5. The number of carbonyl (C=O) groups excluding carboxylic acids is 1. The summed E-state index contributed by atoms with van der Waals surface area (Å²) in [6.07, 6.45) is 6.43. The summed E-state index contributed by atoms with van der Waals surface area (Å²) in [6.45, 7) is 2.13. The van der Waals surface area contributed by atoms with Crippen LogP contribution in [0.5, 0.6) is 0 Å². The smallest absolute Gasteiger partial charge is 0.251 e. The van der Waals surface area contributed by atoms with Crippen molar-refractivity contribution in [2.45, 2.75) is 50.9 Å². The third-order valence-corrected chi connectivity index (χ3v) is 4.39. The van der Waals surface area contributed by atoms with Gasteiger partial charge in [-0.3, -0.25) is 4.79 Å². The van der Waals surface area contributed by atoms with Crippen LogP contribution in [-0.4, -0.2) is 11.9 Å². The molecule has 0 bridgehead atoms. The molecule has 104 valence electrons. The van der Waals surface area contributed by atoms with Crippen molar-refractivity contribution < 1.29 is 4.79 Å². The van der Waals surface area contributed by atoms with Gasteiger partial charge in [0.25, 0.3) is 5.91 Å². The Labute approximate surface area is 120 Å². The third kappa shape index (κ3) is 3.97. The lowest BCUT2D eigenvalue weighted by Crippen LogP contribution is -2.38. The largest absolute Gasteiger partial charge is 0.349 e. The molecule has 0 heterocycles. The number of amides is 1. The van der Waals surface area contributed by atoms with Crippen LogP contribution < -0.4 is 5.32 Å². The average molecular weight is 280 g/mol. The molecule has 1 aromatic carbocycles. The number of halogens is 1. The monoisotopic (exact) mass is 279 g/mol. The van der Waals surface area contributed by atoms with E-state index in [-0.39, 0.29) is 11.9 Å². The van der Waals surface area contributed by atoms with E-state index in [4.69, 9.17) is 11.6 Å². The number of hydrogen-bond donors (Lipinski definition) is 1. The molecule has 1 atom stereocenters. The summed E-state index contributed by atoms with van der Waals surface area (Å²) in [5.41, 5.74) is 1.76. The summed E-state index contributed by atoms with van der Waals surface area (Å²) in [5, 5.41) is 3.13. The van der Waals surface area contributed by atoms with Gasteiger partial charge in [0.15, 0.2) is 0 Å². The molecule has 1 saturated carbocycles. The maximum Gasteiger partial charge on any atom is 0.251 e. The Morgan fingerprint density at radius 1 is 1.26 bits per heavy atom. The van der Waals surface area contributed by atoms with E-state index in [1.54, 1.807) is 0 Å². The standard InChI is InChI=1S/C16H22ClNO/c1-12(14-5-3-2-4-6-14)18-16(19)15-9-7-13(11-17)8-10-15/h7-10,12,14H,2-6,11H2,1H3,(H,18,19)/t12-/m0/s1. The summed E-state index contributed by atoms with van der Waals surface area (Å²) in [7, 11) is 0. The summed E-state index contributed by atoms with van der Waals surface area (Å²) < 4.78 is 0. The lowest BCUT2D eigenvalue weighted by molar-refractivity contribution is 0.0919. The van der Waals surface area contributed by atoms with Crippen LogP contribution in [0.15, 0.2) is 24.3 Å². The first-order valence-electron chi connectivity index (χ1n) is 7.16. The highest BCUT2D eigenvalue weighted by Gasteiger charge is 2.21. The van der Waals surface area contributed by atoms with Crippen molar-refractivity contribution in [2.24, 2.45) is 5.92 Å². The number of alkyl halides is 1. The van der Waals surface area contributed by atoms with Gasteiger partial charge in [-0.1, -0.05) is 31.4 Å². The maximum atomic E-state index is 12.2. The minimum atomic E-state index is 0.0270. The molecule has 0 saturated heterocycles. The van der Waals surface area contributed by atoms with Crippen LogP contribution in [0.3, 0.4) is 0 Å². The fraction of sp³-hybridized carbons (Fsp3) is 0.562. The summed E-state index contributed by atoms with van der Waals surface area (Å²) in [5.74, 6) is 1.15. The van der Waals surface area contributed by atoms with Crippen molar-refractivity contribution in [2.75, 3.05) is 0 Å². The minimum absolute atomic E-state index is 0.0270. The van der Waals surface area contributed by atoms with Crippen LogP contribution in [0.4, 0.5) is 0 Å². The summed E-state index contributed by atoms with van der Waals surface area (Å²) in [4.78, 5) is 12.2. The van der Waals surface area contributed by atoms with Gasteiger partial charge in [-0.2, -0.15) is 0 Å². The molecule has 2 rings (SSSR count). The van der Waals surface area contributed by atoms with Crippen molar-refractivity contribution >= 4 is 17.5 Å². The van der Waals surface area contributed by atoms with Crippen LogP contribution in [-0.2, 0) is 5.88 Å². The van der Waals surface area contributed by atoms with E-state index in [1.165, 1.54) is 32.1 Å². The number of benzene rings is 1. The highest BCUT2D eigenvalue weighted by atomic mass is 35.5. The topological polar surface area (TPSA) is 29.1 Å². The highest BCUT2D eigenvalue weighted by Crippen LogP contribution is 2.26. The lowest BCUT2D eigenvalue weighted by atomic mass is 9.84. The van der Waals surface area contributed by atoms with Crippen LogP contribution in [0.25, 0.3) is 0 Å². The Morgan fingerprint density at radius 3 is 2.47 bits per heavy atom. The molecule has 1 N–H and O–H groups in total. The second-order valence-corrected chi connectivity index (χ2v) is 5.76. The van der Waals surface area contributed by atoms with Gasteiger partial charge in [0.2, 0.25) is 0 Å². The highest BCUT2D eigenvalue weighted by molar-refractivity contribution is 6.17. The molecule has 2 nitrogen and oxygen atoms in total. The molecular weight excluding hydrogens is 258 g/mol. The maximum absolute atomic E-state index is 12.2. The van der Waals surface area contributed by atoms with E-state index in [2.05, 4.69) is 12.2 Å². The predicted molar refractivity (Wildman–Crippen MR) is 79.5 cm³/mol. The van der Waals surface area contributed by atoms with Gasteiger partial charge in [-0.25, -0.2) is 0 Å². The quantitative estimate of drug-likeness (QED) is 0.825. The normalized spacial score (nSPS) is 18.0. The zero-order valence-corrected chi connectivity index (χ0v) is 12.2. The van der Waals surface area contributed by atoms with E-state index >= 15 is 0 Å². The second-order valence-electron chi connectivity index (χ2n) is 5.49. The molecule has 0 unspecified atom stereocenters. The molecule has 1 aliphatic rings. The molecule has 1 aromatic rings. The molecule has 3 heteroatoms. The zero-order chi connectivity index (χ0) is 13.7. The van der Waals surface area contributed by atoms with Crippen molar-refractivity contribution in [1.82, 2.24) is 5.32 Å². The van der Waals surface area contributed by atoms with E-state index in [9.17, 15) is 4.79 Å². The van der Waals surface area contributed by atoms with Crippen LogP contribution in [0, 0.1) is 5.92 Å². The van der Waals surface area contributed by atoms with E-state index in [0.29, 0.717) is 11.8 Å². The predicted octanol–water partition coefficient (Wildman–Crippen LogP) is 4.12. The molecular formula is C16H22ClNO. The average Bonchev–Trinajstić information content (AvgIpc) is 2.48. The van der Waals surface area contributed by atoms with Crippen molar-refractivity contribution in [1.29, 1.82) is 0 Å². The van der Waals surface area contributed by atoms with Gasteiger partial charge in [0.05, 0.1) is 0 Å². The summed E-state index contributed by atoms with van der Waals surface area (Å²) >= 11 is 5.74. The molecule has 19 heavy (non-hydrogen) atoms. The molecule has 1 fully saturated rings. The molecule has 0 radical (unpaired) electrons. The summed E-state index contributed by atoms with van der Waals surface area (Å²) in [6, 6.07) is 7.78. The van der Waals surface area contributed by atoms with Gasteiger partial charge in [-0.05, 0) is 43.4 Å². The molecule has 0 aromatic heterocycles. The molecule has 1 aliphatic carbocycles. The molecule has 0 spiro atoms. The first-order chi connectivity index (χ1) is 9.20. The van der Waals surface area contributed by atoms with Crippen LogP contribution in [0.2, 0.25) is 0 Å². The molecule has 0 aliphatic heterocycles. The third-order valence-electron chi connectivity index (χ3n) is 4.09. The Balaban J connectivity index is 1.91. The second kappa shape index (κ2) is 6.95. The van der Waals surface area contributed by atoms with Gasteiger partial charge in [0.1, 0.15) is 0 Å². The Hall–Kier alpha value is -1.02. The number of nitrogens with one attached hydrogen (secondary N) is 1. The van der Waals surface area contributed by atoms with Gasteiger partial charge in [-0.15, -0.1) is 11.6 Å².